The standard InChI is InChI=1S/C26H33N5O3/c1-3-10-29-25-7-6-22(14-23(25)15-27)26(34-28)30-18(2)20-5-4-19-8-11-31(16-24(33)17-32)12-9-21(19)13-20/h4-7,13-14,24,29,32-33H,2-3,8-12,16-17,28H2,1H3/b30-26-. The quantitative estimate of drug-likeness (QED) is 0.256. The number of rotatable bonds is 9. The van der Waals surface area contributed by atoms with E-state index < -0.39 is 6.10 Å². The van der Waals surface area contributed by atoms with Crippen LogP contribution in [0.4, 0.5) is 5.69 Å². The van der Waals surface area contributed by atoms with Crippen LogP contribution < -0.4 is 11.2 Å². The van der Waals surface area contributed by atoms with Crippen LogP contribution in [-0.4, -0.2) is 59.9 Å². The fraction of sp³-hybridized carbons (Fsp3) is 0.385. The van der Waals surface area contributed by atoms with E-state index in [1.807, 2.05) is 18.2 Å². The smallest absolute Gasteiger partial charge is 0.245 e. The maximum absolute atomic E-state index is 9.76. The number of nitrogens with one attached hydrogen (secondary N) is 1. The van der Waals surface area contributed by atoms with Gasteiger partial charge in [-0.15, -0.1) is 0 Å². The van der Waals surface area contributed by atoms with Crippen molar-refractivity contribution in [2.24, 2.45) is 10.9 Å². The van der Waals surface area contributed by atoms with Crippen molar-refractivity contribution in [3.05, 3.63) is 70.8 Å². The molecular formula is C26H33N5O3. The van der Waals surface area contributed by atoms with Gasteiger partial charge in [-0.25, -0.2) is 4.99 Å². The van der Waals surface area contributed by atoms with Crippen LogP contribution in [0.25, 0.3) is 5.70 Å². The lowest BCUT2D eigenvalue weighted by molar-refractivity contribution is 0.0605. The summed E-state index contributed by atoms with van der Waals surface area (Å²) in [6.07, 6.45) is 1.93. The van der Waals surface area contributed by atoms with Gasteiger partial charge in [-0.1, -0.05) is 25.6 Å². The Bertz CT molecular complexity index is 1080. The molecule has 8 heteroatoms. The Morgan fingerprint density at radius 2 is 1.97 bits per heavy atom. The molecule has 1 heterocycles. The molecule has 0 amide bonds. The number of β-amino-alcohol motifs (C(OH)–C–C–N with tert-alkyl or cyclic N) is 1. The van der Waals surface area contributed by atoms with E-state index >= 15 is 0 Å². The molecule has 34 heavy (non-hydrogen) atoms. The highest BCUT2D eigenvalue weighted by molar-refractivity contribution is 5.98. The number of benzene rings is 2. The second-order valence-electron chi connectivity index (χ2n) is 8.40. The van der Waals surface area contributed by atoms with Crippen molar-refractivity contribution in [1.29, 1.82) is 5.26 Å². The zero-order valence-electron chi connectivity index (χ0n) is 19.6. The molecule has 0 saturated heterocycles. The Morgan fingerprint density at radius 3 is 2.65 bits per heavy atom. The van der Waals surface area contributed by atoms with Gasteiger partial charge < -0.3 is 25.3 Å². The minimum absolute atomic E-state index is 0.183. The summed E-state index contributed by atoms with van der Waals surface area (Å²) in [7, 11) is 0. The van der Waals surface area contributed by atoms with Crippen molar-refractivity contribution in [2.75, 3.05) is 38.1 Å². The number of aliphatic imine (C=N–C) groups is 1. The number of nitrogens with two attached hydrogens (primary N) is 1. The van der Waals surface area contributed by atoms with Crippen LogP contribution in [0.3, 0.4) is 0 Å². The third kappa shape index (κ3) is 6.43. The molecule has 1 unspecified atom stereocenters. The molecule has 1 aliphatic heterocycles. The third-order valence-electron chi connectivity index (χ3n) is 5.91. The van der Waals surface area contributed by atoms with Crippen LogP contribution in [0.1, 0.15) is 41.2 Å². The number of anilines is 1. The van der Waals surface area contributed by atoms with Crippen molar-refractivity contribution in [1.82, 2.24) is 4.90 Å². The Morgan fingerprint density at radius 1 is 1.24 bits per heavy atom. The van der Waals surface area contributed by atoms with E-state index in [1.165, 1.54) is 11.1 Å². The second kappa shape index (κ2) is 12.3. The molecule has 0 fully saturated rings. The number of aliphatic hydroxyl groups is 2. The predicted molar refractivity (Wildman–Crippen MR) is 134 cm³/mol. The van der Waals surface area contributed by atoms with E-state index in [4.69, 9.17) is 15.8 Å². The summed E-state index contributed by atoms with van der Waals surface area (Å²) < 4.78 is 0. The fourth-order valence-corrected chi connectivity index (χ4v) is 4.02. The normalized spacial score (nSPS) is 15.1. The van der Waals surface area contributed by atoms with Gasteiger partial charge in [0.15, 0.2) is 0 Å². The number of hydrogen-bond acceptors (Lipinski definition) is 8. The van der Waals surface area contributed by atoms with Gasteiger partial charge in [-0.05, 0) is 60.2 Å². The average Bonchev–Trinajstić information content (AvgIpc) is 3.07. The Kier molecular flexibility index (Phi) is 9.19. The third-order valence-corrected chi connectivity index (χ3v) is 5.91. The summed E-state index contributed by atoms with van der Waals surface area (Å²) in [6.45, 7) is 8.80. The Labute approximate surface area is 200 Å². The predicted octanol–water partition coefficient (Wildman–Crippen LogP) is 2.44. The highest BCUT2D eigenvalue weighted by Gasteiger charge is 2.17. The molecule has 2 aromatic rings. The first kappa shape index (κ1) is 25.4. The van der Waals surface area contributed by atoms with Gasteiger partial charge in [0.2, 0.25) is 5.90 Å². The van der Waals surface area contributed by atoms with E-state index in [0.29, 0.717) is 23.4 Å². The zero-order chi connectivity index (χ0) is 24.5. The summed E-state index contributed by atoms with van der Waals surface area (Å²) in [6, 6.07) is 13.7. The molecule has 180 valence electrons. The SMILES string of the molecule is C=C(/N=C(\ON)c1ccc(NCCC)c(C#N)c1)c1ccc2c(c1)CCN(CC(O)CO)CC2. The monoisotopic (exact) mass is 463 g/mol. The lowest BCUT2D eigenvalue weighted by Crippen LogP contribution is -2.35. The van der Waals surface area contributed by atoms with E-state index in [-0.39, 0.29) is 12.5 Å². The van der Waals surface area contributed by atoms with E-state index in [2.05, 4.69) is 46.9 Å². The maximum atomic E-state index is 9.76. The minimum atomic E-state index is -0.724. The van der Waals surface area contributed by atoms with Crippen molar-refractivity contribution >= 4 is 17.3 Å². The molecule has 8 nitrogen and oxygen atoms in total. The van der Waals surface area contributed by atoms with Crippen LogP contribution in [0, 0.1) is 11.3 Å². The molecule has 1 aliphatic rings. The van der Waals surface area contributed by atoms with Crippen molar-refractivity contribution in [3.8, 4) is 6.07 Å². The lowest BCUT2D eigenvalue weighted by Gasteiger charge is -2.21. The molecule has 2 aromatic carbocycles. The highest BCUT2D eigenvalue weighted by atomic mass is 16.6. The molecule has 0 radical (unpaired) electrons. The topological polar surface area (TPSA) is 127 Å². The average molecular weight is 464 g/mol. The van der Waals surface area contributed by atoms with Crippen LogP contribution in [-0.2, 0) is 17.7 Å². The van der Waals surface area contributed by atoms with E-state index in [0.717, 1.165) is 50.1 Å². The van der Waals surface area contributed by atoms with Gasteiger partial charge in [0.1, 0.15) is 6.07 Å². The number of nitrogens with zero attached hydrogens (tertiary/aromatic N) is 3. The minimum Gasteiger partial charge on any atom is -0.394 e. The summed E-state index contributed by atoms with van der Waals surface area (Å²) in [5.74, 6) is 5.71. The van der Waals surface area contributed by atoms with Gasteiger partial charge in [0.25, 0.3) is 0 Å². The molecule has 0 aromatic heterocycles. The molecular weight excluding hydrogens is 430 g/mol. The molecule has 0 bridgehead atoms. The zero-order valence-corrected chi connectivity index (χ0v) is 19.6. The number of aliphatic hydroxyl groups excluding tert-OH is 2. The van der Waals surface area contributed by atoms with Crippen molar-refractivity contribution in [3.63, 3.8) is 0 Å². The van der Waals surface area contributed by atoms with Gasteiger partial charge in [-0.3, -0.25) is 0 Å². The van der Waals surface area contributed by atoms with Crippen LogP contribution in [0.5, 0.6) is 0 Å². The van der Waals surface area contributed by atoms with Crippen LogP contribution in [0.2, 0.25) is 0 Å². The van der Waals surface area contributed by atoms with Crippen molar-refractivity contribution in [2.45, 2.75) is 32.3 Å². The summed E-state index contributed by atoms with van der Waals surface area (Å²) in [4.78, 5) is 11.7. The molecule has 0 spiro atoms. The molecule has 0 aliphatic carbocycles. The van der Waals surface area contributed by atoms with Crippen molar-refractivity contribution < 1.29 is 15.1 Å². The van der Waals surface area contributed by atoms with Crippen LogP contribution in [0.15, 0.2) is 48.0 Å². The van der Waals surface area contributed by atoms with Crippen LogP contribution >= 0.6 is 0 Å². The fourth-order valence-electron chi connectivity index (χ4n) is 4.02. The van der Waals surface area contributed by atoms with E-state index in [1.54, 1.807) is 6.07 Å². The Hall–Kier alpha value is -3.22. The second-order valence-corrected chi connectivity index (χ2v) is 8.40. The summed E-state index contributed by atoms with van der Waals surface area (Å²) in [5.41, 5.74) is 5.67. The van der Waals surface area contributed by atoms with Gasteiger partial charge in [0, 0.05) is 31.7 Å². The number of nitriles is 1. The van der Waals surface area contributed by atoms with Gasteiger partial charge in [0.05, 0.1) is 29.7 Å². The molecule has 1 atom stereocenters. The number of hydrogen-bond donors (Lipinski definition) is 4. The maximum Gasteiger partial charge on any atom is 0.245 e. The first-order chi connectivity index (χ1) is 16.5. The first-order valence-electron chi connectivity index (χ1n) is 11.5. The lowest BCUT2D eigenvalue weighted by atomic mass is 9.99. The molecule has 0 saturated carbocycles. The van der Waals surface area contributed by atoms with Gasteiger partial charge >= 0.3 is 0 Å². The highest BCUT2D eigenvalue weighted by Crippen LogP contribution is 2.24. The van der Waals surface area contributed by atoms with Gasteiger partial charge in [-0.2, -0.15) is 11.2 Å². The molecule has 5 N–H and O–H groups in total. The molecule has 3 rings (SSSR count). The summed E-state index contributed by atoms with van der Waals surface area (Å²) in [5, 5.41) is 31.6. The Balaban J connectivity index is 1.78. The summed E-state index contributed by atoms with van der Waals surface area (Å²) >= 11 is 0. The number of fused-ring (bicyclic) bond motifs is 1. The first-order valence-corrected chi connectivity index (χ1v) is 11.5. The van der Waals surface area contributed by atoms with E-state index in [9.17, 15) is 10.4 Å². The largest absolute Gasteiger partial charge is 0.394 e.